The minimum Gasteiger partial charge on any atom is -0.497 e. The molecule has 0 radical (unpaired) electrons. The topological polar surface area (TPSA) is 78.2 Å². The molecule has 0 N–H and O–H groups in total. The summed E-state index contributed by atoms with van der Waals surface area (Å²) in [6, 6.07) is 11.4. The number of aromatic nitrogens is 2. The molecule has 2 aromatic carbocycles. The molecule has 110 valence electrons. The molecule has 0 aliphatic rings. The van der Waals surface area contributed by atoms with Crippen LogP contribution in [0.2, 0.25) is 5.15 Å². The number of fused-ring (bicyclic) bond motifs is 1. The number of benzene rings is 2. The van der Waals surface area contributed by atoms with Crippen LogP contribution < -0.4 is 4.74 Å². The molecule has 0 atom stereocenters. The van der Waals surface area contributed by atoms with E-state index in [1.54, 1.807) is 37.4 Å². The first-order valence-electron chi connectivity index (χ1n) is 6.34. The van der Waals surface area contributed by atoms with E-state index < -0.39 is 4.92 Å². The van der Waals surface area contributed by atoms with Crippen LogP contribution in [-0.2, 0) is 0 Å². The third-order valence-electron chi connectivity index (χ3n) is 3.17. The molecular formula is C15H10ClN3O3. The summed E-state index contributed by atoms with van der Waals surface area (Å²) < 4.78 is 5.17. The normalized spacial score (nSPS) is 10.6. The number of nitro groups is 1. The highest BCUT2D eigenvalue weighted by Gasteiger charge is 2.12. The van der Waals surface area contributed by atoms with E-state index in [0.29, 0.717) is 28.0 Å². The van der Waals surface area contributed by atoms with Crippen molar-refractivity contribution in [3.8, 4) is 17.1 Å². The van der Waals surface area contributed by atoms with E-state index in [4.69, 9.17) is 16.3 Å². The Bertz CT molecular complexity index is 883. The molecule has 0 aliphatic carbocycles. The van der Waals surface area contributed by atoms with Gasteiger partial charge in [-0.25, -0.2) is 9.97 Å². The molecule has 0 fully saturated rings. The SMILES string of the molecule is COc1ccc2c(Cl)nc(-c3cccc([N+](=O)[O-])c3)nc2c1. The predicted molar refractivity (Wildman–Crippen MR) is 83.2 cm³/mol. The Kier molecular flexibility index (Phi) is 3.60. The van der Waals surface area contributed by atoms with Crippen molar-refractivity contribution in [2.45, 2.75) is 0 Å². The zero-order valence-electron chi connectivity index (χ0n) is 11.5. The summed E-state index contributed by atoms with van der Waals surface area (Å²) in [4.78, 5) is 19.0. The second kappa shape index (κ2) is 5.57. The molecule has 0 saturated carbocycles. The molecule has 3 aromatic rings. The van der Waals surface area contributed by atoms with Gasteiger partial charge in [0, 0.05) is 29.1 Å². The Morgan fingerprint density at radius 1 is 1.18 bits per heavy atom. The summed E-state index contributed by atoms with van der Waals surface area (Å²) in [5.41, 5.74) is 1.12. The molecule has 0 saturated heterocycles. The van der Waals surface area contributed by atoms with Gasteiger partial charge in [-0.1, -0.05) is 23.7 Å². The maximum absolute atomic E-state index is 10.9. The quantitative estimate of drug-likeness (QED) is 0.416. The van der Waals surface area contributed by atoms with Crippen LogP contribution in [0, 0.1) is 10.1 Å². The van der Waals surface area contributed by atoms with Crippen molar-refractivity contribution in [3.63, 3.8) is 0 Å². The van der Waals surface area contributed by atoms with Crippen molar-refractivity contribution in [1.29, 1.82) is 0 Å². The van der Waals surface area contributed by atoms with Crippen molar-refractivity contribution in [1.82, 2.24) is 9.97 Å². The van der Waals surface area contributed by atoms with Gasteiger partial charge in [-0.3, -0.25) is 10.1 Å². The minimum atomic E-state index is -0.463. The second-order valence-electron chi connectivity index (χ2n) is 4.53. The van der Waals surface area contributed by atoms with Crippen molar-refractivity contribution in [2.75, 3.05) is 7.11 Å². The van der Waals surface area contributed by atoms with Gasteiger partial charge in [0.2, 0.25) is 0 Å². The molecule has 1 aromatic heterocycles. The molecule has 3 rings (SSSR count). The Balaban J connectivity index is 2.18. The number of halogens is 1. The third-order valence-corrected chi connectivity index (χ3v) is 3.46. The molecule has 0 bridgehead atoms. The molecule has 0 spiro atoms. The smallest absolute Gasteiger partial charge is 0.270 e. The van der Waals surface area contributed by atoms with Crippen LogP contribution in [-0.4, -0.2) is 22.0 Å². The second-order valence-corrected chi connectivity index (χ2v) is 4.89. The molecule has 0 unspecified atom stereocenters. The largest absolute Gasteiger partial charge is 0.497 e. The van der Waals surface area contributed by atoms with Crippen molar-refractivity contribution in [2.24, 2.45) is 0 Å². The van der Waals surface area contributed by atoms with Gasteiger partial charge in [0.15, 0.2) is 5.82 Å². The highest BCUT2D eigenvalue weighted by atomic mass is 35.5. The molecule has 6 nitrogen and oxygen atoms in total. The fraction of sp³-hybridized carbons (Fsp3) is 0.0667. The monoisotopic (exact) mass is 315 g/mol. The van der Waals surface area contributed by atoms with Crippen molar-refractivity contribution < 1.29 is 9.66 Å². The Morgan fingerprint density at radius 3 is 2.73 bits per heavy atom. The van der Waals surface area contributed by atoms with Gasteiger partial charge in [0.05, 0.1) is 17.5 Å². The fourth-order valence-corrected chi connectivity index (χ4v) is 2.33. The lowest BCUT2D eigenvalue weighted by atomic mass is 10.1. The van der Waals surface area contributed by atoms with Gasteiger partial charge >= 0.3 is 0 Å². The molecule has 7 heteroatoms. The third kappa shape index (κ3) is 2.56. The number of nitro benzene ring substituents is 1. The number of hydrogen-bond donors (Lipinski definition) is 0. The summed E-state index contributed by atoms with van der Waals surface area (Å²) in [6.07, 6.45) is 0. The van der Waals surface area contributed by atoms with Gasteiger partial charge in [0.25, 0.3) is 5.69 Å². The Morgan fingerprint density at radius 2 is 2.00 bits per heavy atom. The summed E-state index contributed by atoms with van der Waals surface area (Å²) in [6.45, 7) is 0. The average molecular weight is 316 g/mol. The number of rotatable bonds is 3. The Labute approximate surface area is 130 Å². The van der Waals surface area contributed by atoms with Crippen LogP contribution in [0.15, 0.2) is 42.5 Å². The zero-order chi connectivity index (χ0) is 15.7. The summed E-state index contributed by atoms with van der Waals surface area (Å²) in [7, 11) is 1.56. The van der Waals surface area contributed by atoms with Crippen molar-refractivity contribution >= 4 is 28.2 Å². The lowest BCUT2D eigenvalue weighted by Crippen LogP contribution is -1.94. The summed E-state index contributed by atoms with van der Waals surface area (Å²) >= 11 is 6.18. The first-order chi connectivity index (χ1) is 10.6. The first kappa shape index (κ1) is 14.2. The lowest BCUT2D eigenvalue weighted by Gasteiger charge is -2.06. The molecule has 0 amide bonds. The Hall–Kier alpha value is -2.73. The number of non-ortho nitro benzene ring substituents is 1. The summed E-state index contributed by atoms with van der Waals surface area (Å²) in [5, 5.41) is 11.8. The first-order valence-corrected chi connectivity index (χ1v) is 6.72. The molecule has 1 heterocycles. The van der Waals surface area contributed by atoms with Gasteiger partial charge < -0.3 is 4.74 Å². The van der Waals surface area contributed by atoms with Gasteiger partial charge in [0.1, 0.15) is 10.9 Å². The number of methoxy groups -OCH3 is 1. The lowest BCUT2D eigenvalue weighted by molar-refractivity contribution is -0.384. The number of hydrogen-bond acceptors (Lipinski definition) is 5. The van der Waals surface area contributed by atoms with E-state index in [1.807, 2.05) is 0 Å². The van der Waals surface area contributed by atoms with E-state index in [9.17, 15) is 10.1 Å². The van der Waals surface area contributed by atoms with E-state index in [-0.39, 0.29) is 10.8 Å². The van der Waals surface area contributed by atoms with Crippen LogP contribution in [0.1, 0.15) is 0 Å². The van der Waals surface area contributed by atoms with Crippen molar-refractivity contribution in [3.05, 3.63) is 57.7 Å². The standard InChI is InChI=1S/C15H10ClN3O3/c1-22-11-5-6-12-13(8-11)17-15(18-14(12)16)9-3-2-4-10(7-9)19(20)21/h2-8H,1H3. The van der Waals surface area contributed by atoms with Gasteiger partial charge in [-0.15, -0.1) is 0 Å². The zero-order valence-corrected chi connectivity index (χ0v) is 12.2. The van der Waals surface area contributed by atoms with Gasteiger partial charge in [-0.05, 0) is 12.1 Å². The average Bonchev–Trinajstić information content (AvgIpc) is 2.54. The molecule has 22 heavy (non-hydrogen) atoms. The van der Waals surface area contributed by atoms with Crippen LogP contribution in [0.3, 0.4) is 0 Å². The molecular weight excluding hydrogens is 306 g/mol. The molecule has 0 aliphatic heterocycles. The maximum atomic E-state index is 10.9. The van der Waals surface area contributed by atoms with E-state index in [0.717, 1.165) is 0 Å². The van der Waals surface area contributed by atoms with Gasteiger partial charge in [-0.2, -0.15) is 0 Å². The van der Waals surface area contributed by atoms with Crippen LogP contribution in [0.25, 0.3) is 22.3 Å². The minimum absolute atomic E-state index is 0.0250. The maximum Gasteiger partial charge on any atom is 0.270 e. The highest BCUT2D eigenvalue weighted by Crippen LogP contribution is 2.28. The van der Waals surface area contributed by atoms with E-state index in [1.165, 1.54) is 12.1 Å². The van der Waals surface area contributed by atoms with E-state index in [2.05, 4.69) is 9.97 Å². The number of nitrogens with zero attached hydrogens (tertiary/aromatic N) is 3. The van der Waals surface area contributed by atoms with Crippen LogP contribution >= 0.6 is 11.6 Å². The fourth-order valence-electron chi connectivity index (χ4n) is 2.09. The summed E-state index contributed by atoms with van der Waals surface area (Å²) in [5.74, 6) is 0.974. The highest BCUT2D eigenvalue weighted by molar-refractivity contribution is 6.34. The number of ether oxygens (including phenoxy) is 1. The van der Waals surface area contributed by atoms with E-state index >= 15 is 0 Å². The van der Waals surface area contributed by atoms with Crippen LogP contribution in [0.4, 0.5) is 5.69 Å². The van der Waals surface area contributed by atoms with Crippen LogP contribution in [0.5, 0.6) is 5.75 Å². The predicted octanol–water partition coefficient (Wildman–Crippen LogP) is 3.87.